The van der Waals surface area contributed by atoms with Gasteiger partial charge in [-0.05, 0) is 12.1 Å². The van der Waals surface area contributed by atoms with Crippen molar-refractivity contribution in [2.24, 2.45) is 5.73 Å². The Hall–Kier alpha value is -1.75. The molecule has 0 unspecified atom stereocenters. The molecule has 0 amide bonds. The SMILES string of the molecule is CCc1nc(CC)n(-c2ccc(CN)nc2)n1. The molecule has 2 aromatic rings. The van der Waals surface area contributed by atoms with Crippen molar-refractivity contribution >= 4 is 0 Å². The second-order valence-corrected chi connectivity index (χ2v) is 3.78. The first-order valence-corrected chi connectivity index (χ1v) is 5.88. The van der Waals surface area contributed by atoms with Crippen molar-refractivity contribution in [3.8, 4) is 5.69 Å². The van der Waals surface area contributed by atoms with Crippen LogP contribution in [0.4, 0.5) is 0 Å². The second kappa shape index (κ2) is 5.05. The first kappa shape index (κ1) is 11.7. The van der Waals surface area contributed by atoms with Crippen molar-refractivity contribution in [2.45, 2.75) is 33.2 Å². The number of nitrogens with two attached hydrogens (primary N) is 1. The lowest BCUT2D eigenvalue weighted by Gasteiger charge is -2.04. The molecule has 0 atom stereocenters. The third-order valence-corrected chi connectivity index (χ3v) is 2.61. The van der Waals surface area contributed by atoms with Crippen LogP contribution < -0.4 is 5.73 Å². The minimum absolute atomic E-state index is 0.457. The van der Waals surface area contributed by atoms with Gasteiger partial charge in [0, 0.05) is 19.4 Å². The van der Waals surface area contributed by atoms with E-state index in [2.05, 4.69) is 28.9 Å². The first-order valence-electron chi connectivity index (χ1n) is 5.88. The predicted molar refractivity (Wildman–Crippen MR) is 65.8 cm³/mol. The van der Waals surface area contributed by atoms with Gasteiger partial charge in [-0.15, -0.1) is 0 Å². The van der Waals surface area contributed by atoms with Crippen molar-refractivity contribution in [1.82, 2.24) is 19.7 Å². The van der Waals surface area contributed by atoms with Crippen LogP contribution in [-0.4, -0.2) is 19.7 Å². The fourth-order valence-electron chi connectivity index (χ4n) is 1.64. The van der Waals surface area contributed by atoms with Crippen molar-refractivity contribution in [3.05, 3.63) is 35.7 Å². The molecule has 0 aliphatic rings. The molecule has 5 heteroatoms. The number of hydrogen-bond donors (Lipinski definition) is 1. The number of aromatic nitrogens is 4. The molecule has 0 radical (unpaired) electrons. The van der Waals surface area contributed by atoms with E-state index >= 15 is 0 Å². The van der Waals surface area contributed by atoms with E-state index in [1.165, 1.54) is 0 Å². The maximum absolute atomic E-state index is 5.52. The minimum Gasteiger partial charge on any atom is -0.325 e. The molecule has 0 spiro atoms. The highest BCUT2D eigenvalue weighted by Gasteiger charge is 2.08. The molecule has 17 heavy (non-hydrogen) atoms. The topological polar surface area (TPSA) is 69.6 Å². The Morgan fingerprint density at radius 2 is 2.06 bits per heavy atom. The van der Waals surface area contributed by atoms with E-state index in [4.69, 9.17) is 5.73 Å². The standard InChI is InChI=1S/C12H17N5/c1-3-11-15-12(4-2)17(16-11)10-6-5-9(7-13)14-8-10/h5-6,8H,3-4,7,13H2,1-2H3. The minimum atomic E-state index is 0.457. The molecule has 2 aromatic heterocycles. The lowest BCUT2D eigenvalue weighted by molar-refractivity contribution is 0.784. The zero-order valence-electron chi connectivity index (χ0n) is 10.2. The third kappa shape index (κ3) is 2.34. The molecular weight excluding hydrogens is 214 g/mol. The Morgan fingerprint density at radius 1 is 1.24 bits per heavy atom. The molecule has 5 nitrogen and oxygen atoms in total. The zero-order valence-corrected chi connectivity index (χ0v) is 10.2. The van der Waals surface area contributed by atoms with E-state index in [-0.39, 0.29) is 0 Å². The smallest absolute Gasteiger partial charge is 0.151 e. The summed E-state index contributed by atoms with van der Waals surface area (Å²) in [6, 6.07) is 3.89. The monoisotopic (exact) mass is 231 g/mol. The fraction of sp³-hybridized carbons (Fsp3) is 0.417. The highest BCUT2D eigenvalue weighted by molar-refractivity contribution is 5.29. The Balaban J connectivity index is 2.40. The van der Waals surface area contributed by atoms with Crippen LogP contribution in [0.1, 0.15) is 31.2 Å². The first-order chi connectivity index (χ1) is 8.28. The number of rotatable bonds is 4. The van der Waals surface area contributed by atoms with E-state index in [0.29, 0.717) is 6.54 Å². The molecule has 2 N–H and O–H groups in total. The van der Waals surface area contributed by atoms with Crippen LogP contribution in [0.15, 0.2) is 18.3 Å². The second-order valence-electron chi connectivity index (χ2n) is 3.78. The van der Waals surface area contributed by atoms with Gasteiger partial charge in [-0.2, -0.15) is 5.10 Å². The predicted octanol–water partition coefficient (Wildman–Crippen LogP) is 1.25. The summed E-state index contributed by atoms with van der Waals surface area (Å²) < 4.78 is 1.85. The average molecular weight is 231 g/mol. The number of aryl methyl sites for hydroxylation is 2. The molecule has 0 saturated heterocycles. The summed E-state index contributed by atoms with van der Waals surface area (Å²) >= 11 is 0. The van der Waals surface area contributed by atoms with Gasteiger partial charge in [-0.25, -0.2) is 9.67 Å². The Bertz CT molecular complexity index is 486. The fourth-order valence-corrected chi connectivity index (χ4v) is 1.64. The summed E-state index contributed by atoms with van der Waals surface area (Å²) in [6.07, 6.45) is 3.48. The van der Waals surface area contributed by atoms with E-state index in [1.54, 1.807) is 6.20 Å². The summed E-state index contributed by atoms with van der Waals surface area (Å²) in [5.74, 6) is 1.83. The maximum Gasteiger partial charge on any atom is 0.151 e. The molecule has 0 saturated carbocycles. The van der Waals surface area contributed by atoms with Gasteiger partial charge < -0.3 is 5.73 Å². The van der Waals surface area contributed by atoms with E-state index in [9.17, 15) is 0 Å². The van der Waals surface area contributed by atoms with Crippen LogP contribution in [-0.2, 0) is 19.4 Å². The van der Waals surface area contributed by atoms with Crippen LogP contribution >= 0.6 is 0 Å². The third-order valence-electron chi connectivity index (χ3n) is 2.61. The number of nitrogens with zero attached hydrogens (tertiary/aromatic N) is 4. The molecular formula is C12H17N5. The van der Waals surface area contributed by atoms with Crippen LogP contribution in [0, 0.1) is 0 Å². The van der Waals surface area contributed by atoms with E-state index in [0.717, 1.165) is 35.9 Å². The Kier molecular flexibility index (Phi) is 3.49. The van der Waals surface area contributed by atoms with Crippen molar-refractivity contribution in [1.29, 1.82) is 0 Å². The molecule has 0 aliphatic heterocycles. The van der Waals surface area contributed by atoms with Gasteiger partial charge >= 0.3 is 0 Å². The number of hydrogen-bond acceptors (Lipinski definition) is 4. The molecule has 90 valence electrons. The maximum atomic E-state index is 5.52. The molecule has 2 rings (SSSR count). The highest BCUT2D eigenvalue weighted by Crippen LogP contribution is 2.10. The Labute approximate surface area is 101 Å². The lowest BCUT2D eigenvalue weighted by Crippen LogP contribution is -2.05. The summed E-state index contributed by atoms with van der Waals surface area (Å²) in [7, 11) is 0. The Morgan fingerprint density at radius 3 is 2.59 bits per heavy atom. The highest BCUT2D eigenvalue weighted by atomic mass is 15.4. The van der Waals surface area contributed by atoms with Gasteiger partial charge in [0.15, 0.2) is 5.82 Å². The molecule has 0 aliphatic carbocycles. The van der Waals surface area contributed by atoms with Crippen molar-refractivity contribution in [2.75, 3.05) is 0 Å². The van der Waals surface area contributed by atoms with Crippen LogP contribution in [0.25, 0.3) is 5.69 Å². The van der Waals surface area contributed by atoms with Crippen LogP contribution in [0.3, 0.4) is 0 Å². The van der Waals surface area contributed by atoms with Crippen LogP contribution in [0.2, 0.25) is 0 Å². The molecule has 0 fully saturated rings. The summed E-state index contributed by atoms with van der Waals surface area (Å²) in [4.78, 5) is 8.74. The van der Waals surface area contributed by atoms with E-state index in [1.807, 2.05) is 16.8 Å². The molecule has 0 aromatic carbocycles. The van der Waals surface area contributed by atoms with E-state index < -0.39 is 0 Å². The number of pyridine rings is 1. The van der Waals surface area contributed by atoms with Crippen molar-refractivity contribution < 1.29 is 0 Å². The van der Waals surface area contributed by atoms with Gasteiger partial charge in [0.2, 0.25) is 0 Å². The summed E-state index contributed by atoms with van der Waals surface area (Å²) in [6.45, 7) is 4.58. The average Bonchev–Trinajstić information content (AvgIpc) is 2.82. The van der Waals surface area contributed by atoms with Gasteiger partial charge in [0.25, 0.3) is 0 Å². The summed E-state index contributed by atoms with van der Waals surface area (Å²) in [5.41, 5.74) is 7.34. The quantitative estimate of drug-likeness (QED) is 0.859. The lowest BCUT2D eigenvalue weighted by atomic mass is 10.3. The zero-order chi connectivity index (χ0) is 12.3. The van der Waals surface area contributed by atoms with Gasteiger partial charge in [0.05, 0.1) is 17.6 Å². The van der Waals surface area contributed by atoms with Crippen LogP contribution in [0.5, 0.6) is 0 Å². The largest absolute Gasteiger partial charge is 0.325 e. The molecule has 2 heterocycles. The van der Waals surface area contributed by atoms with Crippen molar-refractivity contribution in [3.63, 3.8) is 0 Å². The normalized spacial score (nSPS) is 10.8. The summed E-state index contributed by atoms with van der Waals surface area (Å²) in [5, 5.41) is 4.46. The van der Waals surface area contributed by atoms with Gasteiger partial charge in [0.1, 0.15) is 5.82 Å². The van der Waals surface area contributed by atoms with Gasteiger partial charge in [-0.3, -0.25) is 4.98 Å². The molecule has 0 bridgehead atoms. The van der Waals surface area contributed by atoms with Gasteiger partial charge in [-0.1, -0.05) is 13.8 Å².